The number of hydrogen-bond donors (Lipinski definition) is 0. The summed E-state index contributed by atoms with van der Waals surface area (Å²) in [5.41, 5.74) is 1.57. The van der Waals surface area contributed by atoms with Gasteiger partial charge in [0.1, 0.15) is 22.8 Å². The maximum absolute atomic E-state index is 12.8. The molecule has 0 aliphatic carbocycles. The largest absolute Gasteiger partial charge is 0.494 e. The minimum atomic E-state index is -0.638. The number of imide groups is 2. The molecule has 2 aliphatic heterocycles. The summed E-state index contributed by atoms with van der Waals surface area (Å²) >= 11 is 0. The van der Waals surface area contributed by atoms with Gasteiger partial charge in [-0.2, -0.15) is 0 Å². The summed E-state index contributed by atoms with van der Waals surface area (Å²) in [6.45, 7) is 7.99. The third-order valence-corrected chi connectivity index (χ3v) is 4.52. The van der Waals surface area contributed by atoms with Crippen LogP contribution in [0.25, 0.3) is 5.57 Å². The molecule has 27 heavy (non-hydrogen) atoms. The fraction of sp³-hybridized carbons (Fsp3) is 0.350. The third kappa shape index (κ3) is 3.09. The summed E-state index contributed by atoms with van der Waals surface area (Å²) < 4.78 is 11.4. The fourth-order valence-corrected chi connectivity index (χ4v) is 3.16. The van der Waals surface area contributed by atoms with Crippen LogP contribution in [0, 0.1) is 0 Å². The molecule has 3 rings (SSSR count). The Bertz CT molecular complexity index is 856. The number of allylic oxidation sites excluding steroid dienone is 2. The van der Waals surface area contributed by atoms with Crippen molar-refractivity contribution >= 4 is 23.4 Å². The molecule has 2 aliphatic rings. The summed E-state index contributed by atoms with van der Waals surface area (Å²) in [7, 11) is 0. The summed E-state index contributed by atoms with van der Waals surface area (Å²) in [5.74, 6) is 0.0126. The van der Waals surface area contributed by atoms with Crippen LogP contribution >= 0.6 is 0 Å². The molecule has 0 atom stereocenters. The van der Waals surface area contributed by atoms with Crippen molar-refractivity contribution in [2.75, 3.05) is 19.7 Å². The zero-order valence-corrected chi connectivity index (χ0v) is 15.9. The predicted molar refractivity (Wildman–Crippen MR) is 99.1 cm³/mol. The normalized spacial score (nSPS) is 17.0. The number of ether oxygens (including phenoxy) is 2. The first-order chi connectivity index (χ1) is 12.9. The first kappa shape index (κ1) is 18.7. The molecule has 0 saturated carbocycles. The van der Waals surface area contributed by atoms with E-state index in [-0.39, 0.29) is 24.4 Å². The van der Waals surface area contributed by atoms with E-state index in [0.717, 1.165) is 20.9 Å². The fourth-order valence-electron chi connectivity index (χ4n) is 3.16. The van der Waals surface area contributed by atoms with Crippen molar-refractivity contribution in [2.45, 2.75) is 27.7 Å². The first-order valence-electron chi connectivity index (χ1n) is 8.98. The monoisotopic (exact) mass is 370 g/mol. The van der Waals surface area contributed by atoms with Gasteiger partial charge in [0.2, 0.25) is 0 Å². The van der Waals surface area contributed by atoms with Crippen LogP contribution in [-0.2, 0) is 9.59 Å². The van der Waals surface area contributed by atoms with E-state index in [9.17, 15) is 14.4 Å². The molecule has 0 bridgehead atoms. The van der Waals surface area contributed by atoms with Gasteiger partial charge in [-0.25, -0.2) is 4.79 Å². The average molecular weight is 370 g/mol. The SMILES string of the molecule is CCOc1ccc2c(c1)OC(=C1C(=O)N(CC)C(=O)N(CC)C1=O)C=C2C. The Morgan fingerprint density at radius 3 is 2.19 bits per heavy atom. The Hall–Kier alpha value is -3.09. The van der Waals surface area contributed by atoms with Crippen LogP contribution in [0.5, 0.6) is 11.5 Å². The Balaban J connectivity index is 2.11. The van der Waals surface area contributed by atoms with Gasteiger partial charge in [0, 0.05) is 24.7 Å². The van der Waals surface area contributed by atoms with E-state index in [1.807, 2.05) is 26.0 Å². The van der Waals surface area contributed by atoms with E-state index in [1.165, 1.54) is 0 Å². The number of carbonyl (C=O) groups excluding carboxylic acids is 3. The van der Waals surface area contributed by atoms with Gasteiger partial charge < -0.3 is 9.47 Å². The van der Waals surface area contributed by atoms with Crippen molar-refractivity contribution in [2.24, 2.45) is 0 Å². The number of benzene rings is 1. The van der Waals surface area contributed by atoms with Gasteiger partial charge in [0.25, 0.3) is 11.8 Å². The lowest BCUT2D eigenvalue weighted by atomic mass is 10.00. The van der Waals surface area contributed by atoms with Crippen molar-refractivity contribution in [1.82, 2.24) is 9.80 Å². The Labute approximate surface area is 157 Å². The molecule has 7 nitrogen and oxygen atoms in total. The highest BCUT2D eigenvalue weighted by atomic mass is 16.5. The summed E-state index contributed by atoms with van der Waals surface area (Å²) in [5, 5.41) is 0. The van der Waals surface area contributed by atoms with Crippen molar-refractivity contribution in [3.63, 3.8) is 0 Å². The number of rotatable bonds is 4. The molecule has 1 aromatic carbocycles. The van der Waals surface area contributed by atoms with Crippen molar-refractivity contribution in [1.29, 1.82) is 0 Å². The van der Waals surface area contributed by atoms with Crippen LogP contribution < -0.4 is 9.47 Å². The Morgan fingerprint density at radius 2 is 1.63 bits per heavy atom. The van der Waals surface area contributed by atoms with Crippen LogP contribution in [-0.4, -0.2) is 47.3 Å². The number of amides is 4. The molecule has 1 saturated heterocycles. The summed E-state index contributed by atoms with van der Waals surface area (Å²) in [4.78, 5) is 40.0. The van der Waals surface area contributed by atoms with Crippen LogP contribution in [0.4, 0.5) is 4.79 Å². The molecule has 7 heteroatoms. The van der Waals surface area contributed by atoms with Crippen molar-refractivity contribution in [3.05, 3.63) is 41.2 Å². The smallest absolute Gasteiger partial charge is 0.333 e. The van der Waals surface area contributed by atoms with E-state index in [4.69, 9.17) is 9.47 Å². The van der Waals surface area contributed by atoms with Gasteiger partial charge >= 0.3 is 6.03 Å². The molecule has 0 N–H and O–H groups in total. The van der Waals surface area contributed by atoms with Gasteiger partial charge in [-0.05, 0) is 51.5 Å². The average Bonchev–Trinajstić information content (AvgIpc) is 2.62. The highest BCUT2D eigenvalue weighted by Gasteiger charge is 2.43. The lowest BCUT2D eigenvalue weighted by Gasteiger charge is -2.33. The van der Waals surface area contributed by atoms with Gasteiger partial charge in [0.15, 0.2) is 0 Å². The van der Waals surface area contributed by atoms with Crippen molar-refractivity contribution in [3.8, 4) is 11.5 Å². The molecular formula is C20H22N2O5. The predicted octanol–water partition coefficient (Wildman–Crippen LogP) is 2.97. The number of likely N-dealkylation sites (N-methyl/N-ethyl adjacent to an activating group) is 2. The standard InChI is InChI=1S/C20H22N2O5/c1-5-21-18(23)17(19(24)22(6-2)20(21)25)16-10-12(4)14-9-8-13(26-7-3)11-15(14)27-16/h8-11H,5-7H2,1-4H3. The molecule has 1 aromatic rings. The number of hydrogen-bond acceptors (Lipinski definition) is 5. The maximum Gasteiger partial charge on any atom is 0.333 e. The van der Waals surface area contributed by atoms with E-state index >= 15 is 0 Å². The van der Waals surface area contributed by atoms with Gasteiger partial charge in [-0.3, -0.25) is 19.4 Å². The lowest BCUT2D eigenvalue weighted by Crippen LogP contribution is -2.56. The Kier molecular flexibility index (Phi) is 5.03. The molecule has 0 spiro atoms. The number of nitrogens with zero attached hydrogens (tertiary/aromatic N) is 2. The molecule has 2 heterocycles. The second-order valence-corrected chi connectivity index (χ2v) is 6.14. The number of carbonyl (C=O) groups is 3. The van der Waals surface area contributed by atoms with E-state index in [0.29, 0.717) is 18.1 Å². The zero-order valence-electron chi connectivity index (χ0n) is 15.9. The van der Waals surface area contributed by atoms with Gasteiger partial charge in [-0.15, -0.1) is 0 Å². The summed E-state index contributed by atoms with van der Waals surface area (Å²) in [6, 6.07) is 4.84. The first-order valence-corrected chi connectivity index (χ1v) is 8.98. The van der Waals surface area contributed by atoms with Crippen LogP contribution in [0.15, 0.2) is 35.6 Å². The minimum Gasteiger partial charge on any atom is -0.494 e. The van der Waals surface area contributed by atoms with Gasteiger partial charge in [-0.1, -0.05) is 0 Å². The molecule has 1 fully saturated rings. The highest BCUT2D eigenvalue weighted by Crippen LogP contribution is 2.37. The zero-order chi connectivity index (χ0) is 19.7. The summed E-state index contributed by atoms with van der Waals surface area (Å²) in [6.07, 6.45) is 1.66. The van der Waals surface area contributed by atoms with Crippen LogP contribution in [0.1, 0.15) is 33.3 Å². The van der Waals surface area contributed by atoms with E-state index < -0.39 is 17.8 Å². The molecule has 0 unspecified atom stereocenters. The van der Waals surface area contributed by atoms with Crippen molar-refractivity contribution < 1.29 is 23.9 Å². The molecular weight excluding hydrogens is 348 g/mol. The number of urea groups is 1. The number of fused-ring (bicyclic) bond motifs is 1. The Morgan fingerprint density at radius 1 is 1.00 bits per heavy atom. The second kappa shape index (κ2) is 7.26. The lowest BCUT2D eigenvalue weighted by molar-refractivity contribution is -0.135. The molecule has 142 valence electrons. The maximum atomic E-state index is 12.8. The third-order valence-electron chi connectivity index (χ3n) is 4.52. The molecule has 0 radical (unpaired) electrons. The highest BCUT2D eigenvalue weighted by molar-refractivity contribution is 6.29. The minimum absolute atomic E-state index is 0.134. The second-order valence-electron chi connectivity index (χ2n) is 6.14. The quantitative estimate of drug-likeness (QED) is 0.602. The molecule has 0 aromatic heterocycles. The van der Waals surface area contributed by atoms with E-state index in [2.05, 4.69) is 0 Å². The van der Waals surface area contributed by atoms with Gasteiger partial charge in [0.05, 0.1) is 6.61 Å². The molecule has 4 amide bonds. The van der Waals surface area contributed by atoms with Crippen LogP contribution in [0.3, 0.4) is 0 Å². The van der Waals surface area contributed by atoms with E-state index in [1.54, 1.807) is 26.0 Å². The van der Waals surface area contributed by atoms with Crippen LogP contribution in [0.2, 0.25) is 0 Å². The number of barbiturate groups is 1. The topological polar surface area (TPSA) is 76.2 Å².